The van der Waals surface area contributed by atoms with Gasteiger partial charge in [0, 0.05) is 25.3 Å². The molecule has 82 valence electrons. The maximum absolute atomic E-state index is 11.9. The van der Waals surface area contributed by atoms with Crippen molar-refractivity contribution >= 4 is 5.91 Å². The molecule has 0 unspecified atom stereocenters. The SMILES string of the molecule is Cc1ccc(C(=O)N[C@H]2CCNC2)n1C. The van der Waals surface area contributed by atoms with Gasteiger partial charge in [-0.3, -0.25) is 4.79 Å². The average Bonchev–Trinajstić information content (AvgIpc) is 2.79. The summed E-state index contributed by atoms with van der Waals surface area (Å²) in [6, 6.07) is 4.11. The van der Waals surface area contributed by atoms with E-state index in [0.29, 0.717) is 0 Å². The summed E-state index contributed by atoms with van der Waals surface area (Å²) in [5.41, 5.74) is 1.84. The van der Waals surface area contributed by atoms with E-state index in [1.807, 2.05) is 30.7 Å². The Morgan fingerprint density at radius 2 is 2.40 bits per heavy atom. The van der Waals surface area contributed by atoms with Gasteiger partial charge in [-0.15, -0.1) is 0 Å². The molecule has 0 bridgehead atoms. The molecule has 1 aliphatic rings. The molecule has 4 nitrogen and oxygen atoms in total. The molecular formula is C11H17N3O. The van der Waals surface area contributed by atoms with E-state index in [1.54, 1.807) is 0 Å². The second-order valence-electron chi connectivity index (χ2n) is 4.08. The van der Waals surface area contributed by atoms with Crippen LogP contribution in [0.5, 0.6) is 0 Å². The number of nitrogens with one attached hydrogen (secondary N) is 2. The Kier molecular flexibility index (Phi) is 2.77. The highest BCUT2D eigenvalue weighted by molar-refractivity contribution is 5.93. The summed E-state index contributed by atoms with van der Waals surface area (Å²) in [5, 5.41) is 6.25. The van der Waals surface area contributed by atoms with Crippen molar-refractivity contribution in [2.45, 2.75) is 19.4 Å². The second kappa shape index (κ2) is 4.06. The van der Waals surface area contributed by atoms with Gasteiger partial charge in [-0.2, -0.15) is 0 Å². The molecule has 0 saturated carbocycles. The van der Waals surface area contributed by atoms with Crippen LogP contribution in [0.4, 0.5) is 0 Å². The van der Waals surface area contributed by atoms with Crippen molar-refractivity contribution < 1.29 is 4.79 Å². The second-order valence-corrected chi connectivity index (χ2v) is 4.08. The molecule has 1 aliphatic heterocycles. The van der Waals surface area contributed by atoms with Crippen LogP contribution in [0.15, 0.2) is 12.1 Å². The van der Waals surface area contributed by atoms with Gasteiger partial charge in [0.15, 0.2) is 0 Å². The third kappa shape index (κ3) is 2.04. The lowest BCUT2D eigenvalue weighted by atomic mass is 10.2. The van der Waals surface area contributed by atoms with Gasteiger partial charge in [0.25, 0.3) is 5.91 Å². The summed E-state index contributed by atoms with van der Waals surface area (Å²) in [6.45, 7) is 3.88. The van der Waals surface area contributed by atoms with Gasteiger partial charge in [-0.1, -0.05) is 0 Å². The van der Waals surface area contributed by atoms with Crippen LogP contribution in [0.3, 0.4) is 0 Å². The summed E-state index contributed by atoms with van der Waals surface area (Å²) in [6.07, 6.45) is 1.02. The Morgan fingerprint density at radius 3 is 2.93 bits per heavy atom. The van der Waals surface area contributed by atoms with Crippen molar-refractivity contribution in [1.29, 1.82) is 0 Å². The van der Waals surface area contributed by atoms with E-state index in [0.717, 1.165) is 30.9 Å². The number of aryl methyl sites for hydroxylation is 1. The molecule has 1 aromatic heterocycles. The highest BCUT2D eigenvalue weighted by Gasteiger charge is 2.18. The van der Waals surface area contributed by atoms with Crippen molar-refractivity contribution in [3.63, 3.8) is 0 Å². The number of aromatic nitrogens is 1. The predicted molar refractivity (Wildman–Crippen MR) is 58.9 cm³/mol. The Bertz CT molecular complexity index is 364. The van der Waals surface area contributed by atoms with Gasteiger partial charge >= 0.3 is 0 Å². The average molecular weight is 207 g/mol. The van der Waals surface area contributed by atoms with Crippen molar-refractivity contribution in [1.82, 2.24) is 15.2 Å². The van der Waals surface area contributed by atoms with Crippen molar-refractivity contribution in [2.75, 3.05) is 13.1 Å². The summed E-state index contributed by atoms with van der Waals surface area (Å²) >= 11 is 0. The Balaban J connectivity index is 2.04. The minimum absolute atomic E-state index is 0.0271. The first-order valence-corrected chi connectivity index (χ1v) is 5.32. The topological polar surface area (TPSA) is 46.1 Å². The highest BCUT2D eigenvalue weighted by Crippen LogP contribution is 2.07. The molecule has 1 atom stereocenters. The quantitative estimate of drug-likeness (QED) is 0.738. The van der Waals surface area contributed by atoms with Crippen LogP contribution in [-0.2, 0) is 7.05 Å². The first-order valence-electron chi connectivity index (χ1n) is 5.32. The molecule has 4 heteroatoms. The molecule has 1 aromatic rings. The van der Waals surface area contributed by atoms with E-state index in [9.17, 15) is 4.79 Å². The molecule has 15 heavy (non-hydrogen) atoms. The number of carbonyl (C=O) groups is 1. The largest absolute Gasteiger partial charge is 0.347 e. The normalized spacial score (nSPS) is 20.5. The molecule has 0 spiro atoms. The van der Waals surface area contributed by atoms with Crippen LogP contribution in [0.25, 0.3) is 0 Å². The van der Waals surface area contributed by atoms with Crippen molar-refractivity contribution in [3.05, 3.63) is 23.5 Å². The lowest BCUT2D eigenvalue weighted by Crippen LogP contribution is -2.37. The van der Waals surface area contributed by atoms with E-state index >= 15 is 0 Å². The number of hydrogen-bond donors (Lipinski definition) is 2. The van der Waals surface area contributed by atoms with Crippen LogP contribution in [0.2, 0.25) is 0 Å². The van der Waals surface area contributed by atoms with Gasteiger partial charge in [-0.05, 0) is 32.0 Å². The van der Waals surface area contributed by atoms with Gasteiger partial charge in [0.2, 0.25) is 0 Å². The Morgan fingerprint density at radius 1 is 1.60 bits per heavy atom. The predicted octanol–water partition coefficient (Wildman–Crippen LogP) is 0.425. The van der Waals surface area contributed by atoms with E-state index in [4.69, 9.17) is 0 Å². The summed E-state index contributed by atoms with van der Waals surface area (Å²) in [7, 11) is 1.91. The molecule has 1 fully saturated rings. The van der Waals surface area contributed by atoms with Crippen LogP contribution < -0.4 is 10.6 Å². The molecule has 0 radical (unpaired) electrons. The highest BCUT2D eigenvalue weighted by atomic mass is 16.2. The first-order chi connectivity index (χ1) is 7.18. The molecule has 2 heterocycles. The minimum Gasteiger partial charge on any atom is -0.347 e. The zero-order valence-electron chi connectivity index (χ0n) is 9.21. The minimum atomic E-state index is 0.0271. The Labute approximate surface area is 89.7 Å². The molecule has 0 aliphatic carbocycles. The van der Waals surface area contributed by atoms with Crippen molar-refractivity contribution in [3.8, 4) is 0 Å². The van der Waals surface area contributed by atoms with Gasteiger partial charge in [-0.25, -0.2) is 0 Å². The van der Waals surface area contributed by atoms with Gasteiger partial charge in [0.1, 0.15) is 5.69 Å². The fraction of sp³-hybridized carbons (Fsp3) is 0.545. The van der Waals surface area contributed by atoms with Gasteiger partial charge in [0.05, 0.1) is 0 Å². The number of carbonyl (C=O) groups excluding carboxylic acids is 1. The van der Waals surface area contributed by atoms with E-state index in [-0.39, 0.29) is 11.9 Å². The fourth-order valence-electron chi connectivity index (χ4n) is 1.88. The van der Waals surface area contributed by atoms with Gasteiger partial charge < -0.3 is 15.2 Å². The monoisotopic (exact) mass is 207 g/mol. The standard InChI is InChI=1S/C11H17N3O/c1-8-3-4-10(14(8)2)11(15)13-9-5-6-12-7-9/h3-4,9,12H,5-7H2,1-2H3,(H,13,15)/t9-/m0/s1. The number of rotatable bonds is 2. The lowest BCUT2D eigenvalue weighted by molar-refractivity contribution is 0.0931. The van der Waals surface area contributed by atoms with Crippen LogP contribution in [-0.4, -0.2) is 29.6 Å². The van der Waals surface area contributed by atoms with E-state index in [1.165, 1.54) is 0 Å². The van der Waals surface area contributed by atoms with Crippen LogP contribution in [0, 0.1) is 6.92 Å². The molecule has 0 aromatic carbocycles. The molecule has 1 amide bonds. The zero-order chi connectivity index (χ0) is 10.8. The molecule has 2 N–H and O–H groups in total. The smallest absolute Gasteiger partial charge is 0.268 e. The van der Waals surface area contributed by atoms with E-state index < -0.39 is 0 Å². The van der Waals surface area contributed by atoms with Crippen LogP contribution in [0.1, 0.15) is 22.6 Å². The molecular weight excluding hydrogens is 190 g/mol. The number of hydrogen-bond acceptors (Lipinski definition) is 2. The van der Waals surface area contributed by atoms with Crippen LogP contribution >= 0.6 is 0 Å². The maximum Gasteiger partial charge on any atom is 0.268 e. The Hall–Kier alpha value is -1.29. The number of nitrogens with zero attached hydrogens (tertiary/aromatic N) is 1. The fourth-order valence-corrected chi connectivity index (χ4v) is 1.88. The maximum atomic E-state index is 11.9. The zero-order valence-corrected chi connectivity index (χ0v) is 9.21. The lowest BCUT2D eigenvalue weighted by Gasteiger charge is -2.12. The van der Waals surface area contributed by atoms with E-state index in [2.05, 4.69) is 10.6 Å². The molecule has 2 rings (SSSR count). The summed E-state index contributed by atoms with van der Waals surface area (Å²) < 4.78 is 1.91. The third-order valence-electron chi connectivity index (χ3n) is 3.00. The summed E-state index contributed by atoms with van der Waals surface area (Å²) in [4.78, 5) is 11.9. The first kappa shape index (κ1) is 10.2. The van der Waals surface area contributed by atoms with Crippen molar-refractivity contribution in [2.24, 2.45) is 7.05 Å². The molecule has 1 saturated heterocycles. The third-order valence-corrected chi connectivity index (χ3v) is 3.00. The summed E-state index contributed by atoms with van der Waals surface area (Å²) in [5.74, 6) is 0.0271. The number of amides is 1.